The van der Waals surface area contributed by atoms with Crippen molar-refractivity contribution in [3.05, 3.63) is 24.3 Å². The maximum absolute atomic E-state index is 11.8. The molecule has 1 amide bonds. The van der Waals surface area contributed by atoms with E-state index in [2.05, 4.69) is 5.32 Å². The van der Waals surface area contributed by atoms with Crippen molar-refractivity contribution in [2.24, 2.45) is 5.92 Å². The number of nitrogens with one attached hydrogen (secondary N) is 1. The van der Waals surface area contributed by atoms with E-state index >= 15 is 0 Å². The fourth-order valence-electron chi connectivity index (χ4n) is 2.16. The van der Waals surface area contributed by atoms with E-state index in [1.54, 1.807) is 4.90 Å². The number of rotatable bonds is 5. The molecule has 0 radical (unpaired) electrons. The molecule has 1 heterocycles. The largest absolute Gasteiger partial charge is 0.494 e. The highest BCUT2D eigenvalue weighted by Crippen LogP contribution is 2.23. The Labute approximate surface area is 113 Å². The molecule has 1 unspecified atom stereocenters. The second-order valence-corrected chi connectivity index (χ2v) is 4.54. The lowest BCUT2D eigenvalue weighted by atomic mass is 10.1. The maximum atomic E-state index is 11.8. The summed E-state index contributed by atoms with van der Waals surface area (Å²) in [7, 11) is 1.90. The third kappa shape index (κ3) is 3.38. The predicted molar refractivity (Wildman–Crippen MR) is 73.7 cm³/mol. The first-order chi connectivity index (χ1) is 9.24. The van der Waals surface area contributed by atoms with Gasteiger partial charge in [-0.3, -0.25) is 4.90 Å². The molecule has 0 bridgehead atoms. The number of anilines is 1. The number of amides is 1. The van der Waals surface area contributed by atoms with Gasteiger partial charge >= 0.3 is 6.09 Å². The number of ether oxygens (including phenoxy) is 2. The Bertz CT molecular complexity index is 419. The minimum atomic E-state index is -0.281. The van der Waals surface area contributed by atoms with Gasteiger partial charge in [0.1, 0.15) is 5.75 Å². The van der Waals surface area contributed by atoms with Gasteiger partial charge in [0, 0.05) is 24.7 Å². The average molecular weight is 264 g/mol. The minimum absolute atomic E-state index is 0.281. The summed E-state index contributed by atoms with van der Waals surface area (Å²) >= 11 is 0. The fourth-order valence-corrected chi connectivity index (χ4v) is 2.16. The standard InChI is InChI=1S/C14H20N2O3/c1-3-18-13-6-4-12(5-7-13)16-9-11(8-15-2)10-19-14(16)17/h4-7,11,15H,3,8-10H2,1-2H3. The molecule has 5 nitrogen and oxygen atoms in total. The van der Waals surface area contributed by atoms with Crippen LogP contribution in [0.25, 0.3) is 0 Å². The summed E-state index contributed by atoms with van der Waals surface area (Å²) in [4.78, 5) is 13.5. The highest BCUT2D eigenvalue weighted by molar-refractivity contribution is 5.88. The summed E-state index contributed by atoms with van der Waals surface area (Å²) in [5.74, 6) is 1.12. The number of hydrogen-bond donors (Lipinski definition) is 1. The van der Waals surface area contributed by atoms with Crippen molar-refractivity contribution in [1.82, 2.24) is 5.32 Å². The summed E-state index contributed by atoms with van der Waals surface area (Å²) in [6, 6.07) is 7.50. The van der Waals surface area contributed by atoms with Gasteiger partial charge in [0.05, 0.1) is 13.2 Å². The molecule has 1 aromatic rings. The third-order valence-corrected chi connectivity index (χ3v) is 3.06. The first-order valence-electron chi connectivity index (χ1n) is 6.56. The summed E-state index contributed by atoms with van der Waals surface area (Å²) in [6.07, 6.45) is -0.281. The van der Waals surface area contributed by atoms with Gasteiger partial charge in [0.15, 0.2) is 0 Å². The SMILES string of the molecule is CCOc1ccc(N2CC(CNC)COC2=O)cc1. The molecule has 0 aliphatic carbocycles. The van der Waals surface area contributed by atoms with E-state index < -0.39 is 0 Å². The van der Waals surface area contributed by atoms with Crippen LogP contribution in [-0.4, -0.2) is 39.4 Å². The van der Waals surface area contributed by atoms with Gasteiger partial charge in [-0.2, -0.15) is 0 Å². The Balaban J connectivity index is 2.07. The van der Waals surface area contributed by atoms with Crippen molar-refractivity contribution in [2.45, 2.75) is 6.92 Å². The van der Waals surface area contributed by atoms with Crippen LogP contribution in [0.4, 0.5) is 10.5 Å². The summed E-state index contributed by atoms with van der Waals surface area (Å²) in [5, 5.41) is 3.11. The summed E-state index contributed by atoms with van der Waals surface area (Å²) in [5.41, 5.74) is 0.842. The predicted octanol–water partition coefficient (Wildman–Crippen LogP) is 1.88. The normalized spacial score (nSPS) is 19.2. The van der Waals surface area contributed by atoms with Gasteiger partial charge < -0.3 is 14.8 Å². The van der Waals surface area contributed by atoms with E-state index in [9.17, 15) is 4.79 Å². The number of nitrogens with zero attached hydrogens (tertiary/aromatic N) is 1. The van der Waals surface area contributed by atoms with Crippen molar-refractivity contribution < 1.29 is 14.3 Å². The third-order valence-electron chi connectivity index (χ3n) is 3.06. The van der Waals surface area contributed by atoms with Crippen LogP contribution < -0.4 is 15.0 Å². The smallest absolute Gasteiger partial charge is 0.414 e. The number of benzene rings is 1. The van der Waals surface area contributed by atoms with Gasteiger partial charge in [0.25, 0.3) is 0 Å². The first kappa shape index (κ1) is 13.7. The zero-order valence-corrected chi connectivity index (χ0v) is 11.4. The lowest BCUT2D eigenvalue weighted by molar-refractivity contribution is 0.115. The minimum Gasteiger partial charge on any atom is -0.494 e. The number of cyclic esters (lactones) is 1. The molecule has 1 N–H and O–H groups in total. The van der Waals surface area contributed by atoms with Crippen LogP contribution in [0.1, 0.15) is 6.92 Å². The van der Waals surface area contributed by atoms with Gasteiger partial charge in [-0.05, 0) is 38.2 Å². The molecule has 1 saturated heterocycles. The van der Waals surface area contributed by atoms with Gasteiger partial charge in [-0.25, -0.2) is 4.79 Å². The van der Waals surface area contributed by atoms with Crippen LogP contribution in [0.2, 0.25) is 0 Å². The number of carbonyl (C=O) groups is 1. The molecule has 0 aromatic heterocycles. The van der Waals surface area contributed by atoms with E-state index in [0.717, 1.165) is 18.0 Å². The molecule has 1 atom stereocenters. The van der Waals surface area contributed by atoms with Crippen molar-refractivity contribution in [3.63, 3.8) is 0 Å². The van der Waals surface area contributed by atoms with Crippen molar-refractivity contribution >= 4 is 11.8 Å². The number of hydrogen-bond acceptors (Lipinski definition) is 4. The topological polar surface area (TPSA) is 50.8 Å². The van der Waals surface area contributed by atoms with E-state index in [-0.39, 0.29) is 6.09 Å². The molecule has 1 aromatic carbocycles. The van der Waals surface area contributed by atoms with Crippen LogP contribution in [0.15, 0.2) is 24.3 Å². The summed E-state index contributed by atoms with van der Waals surface area (Å²) in [6.45, 7) is 4.56. The molecule has 5 heteroatoms. The van der Waals surface area contributed by atoms with E-state index in [1.807, 2.05) is 38.2 Å². The van der Waals surface area contributed by atoms with Crippen LogP contribution in [0.3, 0.4) is 0 Å². The number of carbonyl (C=O) groups excluding carboxylic acids is 1. The molecule has 1 aliphatic rings. The van der Waals surface area contributed by atoms with Gasteiger partial charge in [0.2, 0.25) is 0 Å². The monoisotopic (exact) mass is 264 g/mol. The average Bonchev–Trinajstić information content (AvgIpc) is 2.43. The van der Waals surface area contributed by atoms with Gasteiger partial charge in [-0.1, -0.05) is 0 Å². The summed E-state index contributed by atoms with van der Waals surface area (Å²) < 4.78 is 10.6. The van der Waals surface area contributed by atoms with Crippen LogP contribution in [0, 0.1) is 5.92 Å². The highest BCUT2D eigenvalue weighted by atomic mass is 16.6. The Kier molecular flexibility index (Phi) is 4.63. The quantitative estimate of drug-likeness (QED) is 0.882. The van der Waals surface area contributed by atoms with Crippen molar-refractivity contribution in [1.29, 1.82) is 0 Å². The van der Waals surface area contributed by atoms with E-state index in [1.165, 1.54) is 0 Å². The molecular formula is C14H20N2O3. The van der Waals surface area contributed by atoms with Crippen LogP contribution in [0.5, 0.6) is 5.75 Å². The molecule has 1 fully saturated rings. The van der Waals surface area contributed by atoms with Crippen LogP contribution >= 0.6 is 0 Å². The van der Waals surface area contributed by atoms with Crippen molar-refractivity contribution in [2.75, 3.05) is 38.3 Å². The zero-order chi connectivity index (χ0) is 13.7. The first-order valence-corrected chi connectivity index (χ1v) is 6.56. The second kappa shape index (κ2) is 6.43. The molecule has 1 aliphatic heterocycles. The fraction of sp³-hybridized carbons (Fsp3) is 0.500. The van der Waals surface area contributed by atoms with E-state index in [0.29, 0.717) is 25.7 Å². The maximum Gasteiger partial charge on any atom is 0.414 e. The Morgan fingerprint density at radius 2 is 2.16 bits per heavy atom. The van der Waals surface area contributed by atoms with Gasteiger partial charge in [-0.15, -0.1) is 0 Å². The molecule has 2 rings (SSSR count). The molecule has 104 valence electrons. The molecule has 0 saturated carbocycles. The molecule has 19 heavy (non-hydrogen) atoms. The van der Waals surface area contributed by atoms with E-state index in [4.69, 9.17) is 9.47 Å². The Hall–Kier alpha value is -1.75. The van der Waals surface area contributed by atoms with Crippen molar-refractivity contribution in [3.8, 4) is 5.75 Å². The zero-order valence-electron chi connectivity index (χ0n) is 11.4. The lowest BCUT2D eigenvalue weighted by Gasteiger charge is -2.32. The highest BCUT2D eigenvalue weighted by Gasteiger charge is 2.27. The Morgan fingerprint density at radius 1 is 1.42 bits per heavy atom. The Morgan fingerprint density at radius 3 is 2.79 bits per heavy atom. The lowest BCUT2D eigenvalue weighted by Crippen LogP contribution is -2.46. The molecule has 0 spiro atoms. The second-order valence-electron chi connectivity index (χ2n) is 4.54. The van der Waals surface area contributed by atoms with Crippen LogP contribution in [-0.2, 0) is 4.74 Å². The molecular weight excluding hydrogens is 244 g/mol.